The molecule has 1 amide bonds. The standard InChI is InChI=1S/C13H24N2OS/c1-8(2)5-10(4)15-12(16)13(11(14)17)6-9(3)7-13/h8-10H,5-7H2,1-4H3,(H2,14,17)(H,15,16). The van der Waals surface area contributed by atoms with Crippen LogP contribution in [0, 0.1) is 17.3 Å². The maximum Gasteiger partial charge on any atom is 0.233 e. The number of nitrogens with one attached hydrogen (secondary N) is 1. The molecule has 1 aliphatic carbocycles. The number of carbonyl (C=O) groups excluding carboxylic acids is 1. The summed E-state index contributed by atoms with van der Waals surface area (Å²) in [7, 11) is 0. The first-order valence-corrected chi connectivity index (χ1v) is 6.79. The van der Waals surface area contributed by atoms with E-state index in [1.807, 2.05) is 6.92 Å². The number of carbonyl (C=O) groups is 1. The molecule has 4 heteroatoms. The minimum atomic E-state index is -0.569. The highest BCUT2D eigenvalue weighted by Gasteiger charge is 2.50. The Morgan fingerprint density at radius 2 is 2.00 bits per heavy atom. The fraction of sp³-hybridized carbons (Fsp3) is 0.846. The molecule has 1 fully saturated rings. The van der Waals surface area contributed by atoms with Gasteiger partial charge in [0.25, 0.3) is 0 Å². The van der Waals surface area contributed by atoms with Crippen molar-refractivity contribution in [3.05, 3.63) is 0 Å². The van der Waals surface area contributed by atoms with Crippen molar-refractivity contribution < 1.29 is 4.79 Å². The second-order valence-corrected chi connectivity index (χ2v) is 6.40. The van der Waals surface area contributed by atoms with E-state index in [4.69, 9.17) is 18.0 Å². The summed E-state index contributed by atoms with van der Waals surface area (Å²) in [5.41, 5.74) is 5.17. The number of nitrogens with two attached hydrogens (primary N) is 1. The average molecular weight is 256 g/mol. The monoisotopic (exact) mass is 256 g/mol. The van der Waals surface area contributed by atoms with E-state index in [1.165, 1.54) is 0 Å². The van der Waals surface area contributed by atoms with E-state index in [2.05, 4.69) is 26.1 Å². The number of hydrogen-bond acceptors (Lipinski definition) is 2. The Balaban J connectivity index is 2.59. The zero-order valence-corrected chi connectivity index (χ0v) is 12.1. The van der Waals surface area contributed by atoms with Crippen LogP contribution in [0.25, 0.3) is 0 Å². The maximum atomic E-state index is 12.2. The van der Waals surface area contributed by atoms with Gasteiger partial charge in [-0.2, -0.15) is 0 Å². The molecule has 0 bridgehead atoms. The Morgan fingerprint density at radius 1 is 1.47 bits per heavy atom. The molecule has 3 N–H and O–H groups in total. The smallest absolute Gasteiger partial charge is 0.233 e. The van der Waals surface area contributed by atoms with E-state index in [9.17, 15) is 4.79 Å². The van der Waals surface area contributed by atoms with Crippen LogP contribution in [0.5, 0.6) is 0 Å². The Hall–Kier alpha value is -0.640. The summed E-state index contributed by atoms with van der Waals surface area (Å²) in [4.78, 5) is 12.6. The van der Waals surface area contributed by atoms with Gasteiger partial charge in [0, 0.05) is 6.04 Å². The van der Waals surface area contributed by atoms with Crippen LogP contribution in [0.2, 0.25) is 0 Å². The summed E-state index contributed by atoms with van der Waals surface area (Å²) in [6.07, 6.45) is 2.57. The molecule has 0 aromatic rings. The van der Waals surface area contributed by atoms with Gasteiger partial charge in [-0.05, 0) is 38.0 Å². The Kier molecular flexibility index (Phi) is 4.53. The molecule has 1 aliphatic rings. The third kappa shape index (κ3) is 3.18. The van der Waals surface area contributed by atoms with Gasteiger partial charge in [-0.25, -0.2) is 0 Å². The highest BCUT2D eigenvalue weighted by molar-refractivity contribution is 7.80. The second kappa shape index (κ2) is 5.34. The Morgan fingerprint density at radius 3 is 2.35 bits per heavy atom. The van der Waals surface area contributed by atoms with Gasteiger partial charge >= 0.3 is 0 Å². The van der Waals surface area contributed by atoms with Gasteiger partial charge in [-0.15, -0.1) is 0 Å². The lowest BCUT2D eigenvalue weighted by molar-refractivity contribution is -0.133. The number of thiocarbonyl (C=S) groups is 1. The van der Waals surface area contributed by atoms with Crippen LogP contribution < -0.4 is 11.1 Å². The van der Waals surface area contributed by atoms with Gasteiger partial charge in [0.05, 0.1) is 10.4 Å². The molecule has 1 saturated carbocycles. The van der Waals surface area contributed by atoms with Crippen LogP contribution in [0.15, 0.2) is 0 Å². The van der Waals surface area contributed by atoms with Gasteiger partial charge in [-0.1, -0.05) is 33.0 Å². The predicted octanol–water partition coefficient (Wildman–Crippen LogP) is 2.24. The van der Waals surface area contributed by atoms with E-state index in [-0.39, 0.29) is 11.9 Å². The summed E-state index contributed by atoms with van der Waals surface area (Å²) in [6, 6.07) is 0.185. The van der Waals surface area contributed by atoms with Crippen molar-refractivity contribution in [3.8, 4) is 0 Å². The van der Waals surface area contributed by atoms with Crippen LogP contribution in [0.4, 0.5) is 0 Å². The molecule has 3 nitrogen and oxygen atoms in total. The Labute approximate surface area is 110 Å². The molecule has 0 radical (unpaired) electrons. The van der Waals surface area contributed by atoms with Gasteiger partial charge in [-0.3, -0.25) is 4.79 Å². The molecule has 0 heterocycles. The van der Waals surface area contributed by atoms with E-state index in [1.54, 1.807) is 0 Å². The van der Waals surface area contributed by atoms with Crippen LogP contribution in [0.1, 0.15) is 47.0 Å². The van der Waals surface area contributed by atoms with E-state index in [0.29, 0.717) is 16.8 Å². The predicted molar refractivity (Wildman–Crippen MR) is 74.7 cm³/mol. The zero-order chi connectivity index (χ0) is 13.2. The fourth-order valence-corrected chi connectivity index (χ4v) is 3.02. The van der Waals surface area contributed by atoms with Crippen molar-refractivity contribution in [1.29, 1.82) is 0 Å². The fourth-order valence-electron chi connectivity index (χ4n) is 2.76. The van der Waals surface area contributed by atoms with Crippen molar-refractivity contribution in [1.82, 2.24) is 5.32 Å². The van der Waals surface area contributed by atoms with E-state index >= 15 is 0 Å². The van der Waals surface area contributed by atoms with Crippen molar-refractivity contribution >= 4 is 23.1 Å². The molecule has 98 valence electrons. The lowest BCUT2D eigenvalue weighted by Gasteiger charge is -2.44. The number of amides is 1. The molecule has 0 aliphatic heterocycles. The van der Waals surface area contributed by atoms with Crippen LogP contribution in [-0.2, 0) is 4.79 Å². The topological polar surface area (TPSA) is 55.1 Å². The van der Waals surface area contributed by atoms with Crippen molar-refractivity contribution in [2.24, 2.45) is 23.0 Å². The zero-order valence-electron chi connectivity index (χ0n) is 11.2. The van der Waals surface area contributed by atoms with Gasteiger partial charge in [0.1, 0.15) is 0 Å². The van der Waals surface area contributed by atoms with Gasteiger partial charge in [0.2, 0.25) is 5.91 Å². The second-order valence-electron chi connectivity index (χ2n) is 5.96. The molecule has 0 aromatic carbocycles. The molecule has 1 unspecified atom stereocenters. The molecule has 1 atom stereocenters. The van der Waals surface area contributed by atoms with Crippen LogP contribution in [0.3, 0.4) is 0 Å². The summed E-state index contributed by atoms with van der Waals surface area (Å²) in [5.74, 6) is 1.14. The lowest BCUT2D eigenvalue weighted by atomic mass is 9.62. The molecule has 1 rings (SSSR count). The number of hydrogen-bond donors (Lipinski definition) is 2. The first-order valence-electron chi connectivity index (χ1n) is 6.39. The van der Waals surface area contributed by atoms with Crippen LogP contribution >= 0.6 is 12.2 Å². The SMILES string of the molecule is CC(C)CC(C)NC(=O)C1(C(N)=S)CC(C)C1. The van der Waals surface area contributed by atoms with Gasteiger partial charge in [0.15, 0.2) is 0 Å². The third-order valence-corrected chi connectivity index (χ3v) is 3.89. The quantitative estimate of drug-likeness (QED) is 0.742. The maximum absolute atomic E-state index is 12.2. The number of rotatable bonds is 5. The van der Waals surface area contributed by atoms with E-state index < -0.39 is 5.41 Å². The lowest BCUT2D eigenvalue weighted by Crippen LogP contribution is -2.57. The Bertz CT molecular complexity index is 309. The third-order valence-electron chi connectivity index (χ3n) is 3.50. The summed E-state index contributed by atoms with van der Waals surface area (Å²) in [6.45, 7) is 8.46. The molecule has 0 saturated heterocycles. The summed E-state index contributed by atoms with van der Waals surface area (Å²) in [5, 5.41) is 3.05. The molecule has 0 aromatic heterocycles. The average Bonchev–Trinajstić information content (AvgIpc) is 2.09. The highest BCUT2D eigenvalue weighted by Crippen LogP contribution is 2.46. The molecule has 0 spiro atoms. The largest absolute Gasteiger partial charge is 0.392 e. The molecular weight excluding hydrogens is 232 g/mol. The van der Waals surface area contributed by atoms with Crippen molar-refractivity contribution in [2.75, 3.05) is 0 Å². The summed E-state index contributed by atoms with van der Waals surface area (Å²) >= 11 is 5.07. The van der Waals surface area contributed by atoms with Gasteiger partial charge < -0.3 is 11.1 Å². The molecule has 17 heavy (non-hydrogen) atoms. The van der Waals surface area contributed by atoms with Crippen molar-refractivity contribution in [2.45, 2.75) is 53.0 Å². The minimum Gasteiger partial charge on any atom is -0.392 e. The summed E-state index contributed by atoms with van der Waals surface area (Å²) < 4.78 is 0. The first kappa shape index (κ1) is 14.4. The van der Waals surface area contributed by atoms with Crippen LogP contribution in [-0.4, -0.2) is 16.9 Å². The first-order chi connectivity index (χ1) is 7.78. The van der Waals surface area contributed by atoms with Crippen molar-refractivity contribution in [3.63, 3.8) is 0 Å². The normalized spacial score (nSPS) is 29.6. The minimum absolute atomic E-state index is 0.0243. The highest BCUT2D eigenvalue weighted by atomic mass is 32.1. The van der Waals surface area contributed by atoms with E-state index in [0.717, 1.165) is 19.3 Å². The molecular formula is C13H24N2OS.